The molecule has 0 amide bonds. The van der Waals surface area contributed by atoms with E-state index >= 15 is 0 Å². The first kappa shape index (κ1) is 15.9. The zero-order valence-corrected chi connectivity index (χ0v) is 12.3. The van der Waals surface area contributed by atoms with Gasteiger partial charge in [0.1, 0.15) is 0 Å². The van der Waals surface area contributed by atoms with E-state index in [4.69, 9.17) is 5.11 Å². The second-order valence-electron chi connectivity index (χ2n) is 5.68. The molecule has 0 aliphatic carbocycles. The summed E-state index contributed by atoms with van der Waals surface area (Å²) >= 11 is 0. The van der Waals surface area contributed by atoms with Crippen LogP contribution in [0, 0.1) is 5.92 Å². The van der Waals surface area contributed by atoms with Crippen LogP contribution in [0.25, 0.3) is 0 Å². The SMILES string of the molecule is CCN1CCCC(C(C)NCCCCCCO)C1. The van der Waals surface area contributed by atoms with Crippen LogP contribution in [-0.2, 0) is 0 Å². The van der Waals surface area contributed by atoms with Crippen LogP contribution in [0.2, 0.25) is 0 Å². The van der Waals surface area contributed by atoms with Crippen molar-refractivity contribution in [2.24, 2.45) is 5.92 Å². The smallest absolute Gasteiger partial charge is 0.0431 e. The summed E-state index contributed by atoms with van der Waals surface area (Å²) in [5.74, 6) is 0.830. The average molecular weight is 256 g/mol. The van der Waals surface area contributed by atoms with Gasteiger partial charge in [0.25, 0.3) is 0 Å². The summed E-state index contributed by atoms with van der Waals surface area (Å²) in [6.07, 6.45) is 7.36. The second kappa shape index (κ2) is 9.76. The number of hydrogen-bond donors (Lipinski definition) is 2. The maximum atomic E-state index is 8.71. The minimum absolute atomic E-state index is 0.346. The molecule has 0 radical (unpaired) electrons. The molecule has 2 N–H and O–H groups in total. The van der Waals surface area contributed by atoms with Gasteiger partial charge in [-0.3, -0.25) is 0 Å². The van der Waals surface area contributed by atoms with E-state index in [2.05, 4.69) is 24.1 Å². The normalized spacial score (nSPS) is 23.2. The molecule has 0 aromatic rings. The molecule has 1 fully saturated rings. The lowest BCUT2D eigenvalue weighted by Crippen LogP contribution is -2.44. The molecular formula is C15H32N2O. The number of rotatable bonds is 9. The lowest BCUT2D eigenvalue weighted by Gasteiger charge is -2.35. The van der Waals surface area contributed by atoms with E-state index in [0.717, 1.165) is 18.9 Å². The summed E-state index contributed by atoms with van der Waals surface area (Å²) in [6, 6.07) is 0.650. The molecular weight excluding hydrogens is 224 g/mol. The fourth-order valence-electron chi connectivity index (χ4n) is 2.87. The number of piperidine rings is 1. The van der Waals surface area contributed by atoms with E-state index < -0.39 is 0 Å². The molecule has 2 unspecified atom stereocenters. The average Bonchev–Trinajstić information content (AvgIpc) is 2.42. The highest BCUT2D eigenvalue weighted by atomic mass is 16.2. The Morgan fingerprint density at radius 1 is 1.28 bits per heavy atom. The number of nitrogens with one attached hydrogen (secondary N) is 1. The Morgan fingerprint density at radius 2 is 2.06 bits per heavy atom. The molecule has 2 atom stereocenters. The predicted octanol–water partition coefficient (Wildman–Crippen LogP) is 2.25. The van der Waals surface area contributed by atoms with Gasteiger partial charge in [-0.25, -0.2) is 0 Å². The van der Waals surface area contributed by atoms with Crippen molar-refractivity contribution in [1.82, 2.24) is 10.2 Å². The van der Waals surface area contributed by atoms with Gasteiger partial charge in [0.2, 0.25) is 0 Å². The van der Waals surface area contributed by atoms with Gasteiger partial charge in [-0.1, -0.05) is 19.8 Å². The molecule has 1 rings (SSSR count). The molecule has 108 valence electrons. The van der Waals surface area contributed by atoms with Gasteiger partial charge in [-0.2, -0.15) is 0 Å². The van der Waals surface area contributed by atoms with Crippen molar-refractivity contribution >= 4 is 0 Å². The summed E-state index contributed by atoms with van der Waals surface area (Å²) in [6.45, 7) is 9.85. The van der Waals surface area contributed by atoms with E-state index in [1.54, 1.807) is 0 Å². The predicted molar refractivity (Wildman–Crippen MR) is 77.9 cm³/mol. The number of likely N-dealkylation sites (tertiary alicyclic amines) is 1. The number of aliphatic hydroxyl groups is 1. The molecule has 3 heteroatoms. The van der Waals surface area contributed by atoms with Crippen LogP contribution in [0.5, 0.6) is 0 Å². The van der Waals surface area contributed by atoms with Crippen molar-refractivity contribution in [3.05, 3.63) is 0 Å². The minimum Gasteiger partial charge on any atom is -0.396 e. The molecule has 0 bridgehead atoms. The third kappa shape index (κ3) is 6.17. The number of nitrogens with zero attached hydrogens (tertiary/aromatic N) is 1. The highest BCUT2D eigenvalue weighted by molar-refractivity contribution is 4.79. The van der Waals surface area contributed by atoms with Crippen LogP contribution >= 0.6 is 0 Å². The van der Waals surface area contributed by atoms with E-state index in [1.165, 1.54) is 51.7 Å². The first-order valence-corrected chi connectivity index (χ1v) is 7.84. The first-order valence-electron chi connectivity index (χ1n) is 7.84. The number of aliphatic hydroxyl groups excluding tert-OH is 1. The van der Waals surface area contributed by atoms with Crippen LogP contribution in [0.1, 0.15) is 52.4 Å². The molecule has 0 spiro atoms. The van der Waals surface area contributed by atoms with E-state index in [0.29, 0.717) is 12.6 Å². The van der Waals surface area contributed by atoms with E-state index in [9.17, 15) is 0 Å². The highest BCUT2D eigenvalue weighted by Gasteiger charge is 2.23. The van der Waals surface area contributed by atoms with Crippen LogP contribution in [0.4, 0.5) is 0 Å². The fourth-order valence-corrected chi connectivity index (χ4v) is 2.87. The third-order valence-corrected chi connectivity index (χ3v) is 4.25. The molecule has 1 aliphatic heterocycles. The highest BCUT2D eigenvalue weighted by Crippen LogP contribution is 2.19. The van der Waals surface area contributed by atoms with Crippen LogP contribution in [0.3, 0.4) is 0 Å². The van der Waals surface area contributed by atoms with Gasteiger partial charge in [-0.05, 0) is 58.2 Å². The Bertz CT molecular complexity index is 199. The maximum absolute atomic E-state index is 8.71. The fraction of sp³-hybridized carbons (Fsp3) is 1.00. The lowest BCUT2D eigenvalue weighted by molar-refractivity contribution is 0.157. The first-order chi connectivity index (χ1) is 8.77. The monoisotopic (exact) mass is 256 g/mol. The molecule has 1 saturated heterocycles. The van der Waals surface area contributed by atoms with Crippen LogP contribution in [-0.4, -0.2) is 48.8 Å². The van der Waals surface area contributed by atoms with Gasteiger partial charge < -0.3 is 15.3 Å². The van der Waals surface area contributed by atoms with Crippen molar-refractivity contribution in [3.8, 4) is 0 Å². The third-order valence-electron chi connectivity index (χ3n) is 4.25. The molecule has 0 aromatic carbocycles. The zero-order chi connectivity index (χ0) is 13.2. The molecule has 0 saturated carbocycles. The van der Waals surface area contributed by atoms with Gasteiger partial charge >= 0.3 is 0 Å². The Kier molecular flexibility index (Phi) is 8.64. The zero-order valence-electron chi connectivity index (χ0n) is 12.3. The summed E-state index contributed by atoms with van der Waals surface area (Å²) < 4.78 is 0. The summed E-state index contributed by atoms with van der Waals surface area (Å²) in [5.41, 5.74) is 0. The summed E-state index contributed by atoms with van der Waals surface area (Å²) in [7, 11) is 0. The summed E-state index contributed by atoms with van der Waals surface area (Å²) in [4.78, 5) is 2.58. The van der Waals surface area contributed by atoms with E-state index in [1.807, 2.05) is 0 Å². The van der Waals surface area contributed by atoms with Crippen molar-refractivity contribution in [1.29, 1.82) is 0 Å². The Morgan fingerprint density at radius 3 is 2.78 bits per heavy atom. The Balaban J connectivity index is 2.06. The van der Waals surface area contributed by atoms with Crippen molar-refractivity contribution in [2.45, 2.75) is 58.4 Å². The van der Waals surface area contributed by atoms with Crippen LogP contribution in [0.15, 0.2) is 0 Å². The number of unbranched alkanes of at least 4 members (excludes halogenated alkanes) is 3. The minimum atomic E-state index is 0.346. The summed E-state index contributed by atoms with van der Waals surface area (Å²) in [5, 5.41) is 12.4. The van der Waals surface area contributed by atoms with Crippen molar-refractivity contribution < 1.29 is 5.11 Å². The maximum Gasteiger partial charge on any atom is 0.0431 e. The van der Waals surface area contributed by atoms with Crippen LogP contribution < -0.4 is 5.32 Å². The van der Waals surface area contributed by atoms with Gasteiger partial charge in [0.15, 0.2) is 0 Å². The molecule has 0 aromatic heterocycles. The number of hydrogen-bond acceptors (Lipinski definition) is 3. The molecule has 1 aliphatic rings. The van der Waals surface area contributed by atoms with Gasteiger partial charge in [0.05, 0.1) is 0 Å². The van der Waals surface area contributed by atoms with Crippen molar-refractivity contribution in [2.75, 3.05) is 32.8 Å². The van der Waals surface area contributed by atoms with Gasteiger partial charge in [-0.15, -0.1) is 0 Å². The molecule has 3 nitrogen and oxygen atoms in total. The van der Waals surface area contributed by atoms with E-state index in [-0.39, 0.29) is 0 Å². The Hall–Kier alpha value is -0.120. The largest absolute Gasteiger partial charge is 0.396 e. The topological polar surface area (TPSA) is 35.5 Å². The Labute approximate surface area is 113 Å². The lowest BCUT2D eigenvalue weighted by atomic mass is 9.91. The van der Waals surface area contributed by atoms with Crippen molar-refractivity contribution in [3.63, 3.8) is 0 Å². The second-order valence-corrected chi connectivity index (χ2v) is 5.68. The molecule has 1 heterocycles. The van der Waals surface area contributed by atoms with Gasteiger partial charge in [0, 0.05) is 19.2 Å². The quantitative estimate of drug-likeness (QED) is 0.621. The standard InChI is InChI=1S/C15H32N2O/c1-3-17-11-8-9-15(13-17)14(2)16-10-6-4-5-7-12-18/h14-16,18H,3-13H2,1-2H3. The molecule has 18 heavy (non-hydrogen) atoms.